The minimum atomic E-state index is -3.85. The Morgan fingerprint density at radius 2 is 2.00 bits per heavy atom. The minimum Gasteiger partial charge on any atom is -0.465 e. The smallest absolute Gasteiger partial charge is 0.323 e. The molecule has 1 rings (SSSR count). The van der Waals surface area contributed by atoms with Gasteiger partial charge in [0.2, 0.25) is 10.0 Å². The van der Waals surface area contributed by atoms with Gasteiger partial charge in [-0.2, -0.15) is 0 Å². The van der Waals surface area contributed by atoms with Crippen LogP contribution in [0.15, 0.2) is 24.3 Å². The van der Waals surface area contributed by atoms with Crippen molar-refractivity contribution in [2.24, 2.45) is 5.73 Å². The molecule has 0 spiro atoms. The summed E-state index contributed by atoms with van der Waals surface area (Å²) in [7, 11) is -2.51. The van der Waals surface area contributed by atoms with Gasteiger partial charge in [0.05, 0.1) is 12.3 Å². The van der Waals surface area contributed by atoms with Crippen molar-refractivity contribution in [1.82, 2.24) is 0 Å². The van der Waals surface area contributed by atoms with Gasteiger partial charge in [0.25, 0.3) is 0 Å². The molecule has 0 fully saturated rings. The van der Waals surface area contributed by atoms with Gasteiger partial charge in [0, 0.05) is 12.6 Å². The Kier molecular flexibility index (Phi) is 5.46. The van der Waals surface area contributed by atoms with Gasteiger partial charge in [0.1, 0.15) is 4.99 Å². The largest absolute Gasteiger partial charge is 0.465 e. The van der Waals surface area contributed by atoms with Crippen molar-refractivity contribution in [3.8, 4) is 0 Å². The first-order valence-electron chi connectivity index (χ1n) is 5.80. The maximum absolute atomic E-state index is 12.1. The highest BCUT2D eigenvalue weighted by atomic mass is 32.2. The van der Waals surface area contributed by atoms with Crippen LogP contribution in [0.1, 0.15) is 12.5 Å². The third kappa shape index (κ3) is 3.91. The van der Waals surface area contributed by atoms with Crippen LogP contribution >= 0.6 is 12.2 Å². The number of rotatable bonds is 6. The summed E-state index contributed by atoms with van der Waals surface area (Å²) in [6, 6.07) is 6.54. The van der Waals surface area contributed by atoms with E-state index in [1.54, 1.807) is 31.2 Å². The summed E-state index contributed by atoms with van der Waals surface area (Å²) in [5.74, 6) is -1.53. The Bertz CT molecular complexity index is 614. The van der Waals surface area contributed by atoms with Crippen molar-refractivity contribution in [1.29, 1.82) is 0 Å². The molecule has 0 saturated heterocycles. The van der Waals surface area contributed by atoms with Crippen LogP contribution in [0.25, 0.3) is 0 Å². The first-order chi connectivity index (χ1) is 9.29. The standard InChI is InChI=1S/C12H16N2O4S2/c1-3-18-11(15)8-20(16,17)14(2)10-7-5-4-6-9(10)12(13)19/h4-7H,3,8H2,1-2H3,(H2,13,19). The summed E-state index contributed by atoms with van der Waals surface area (Å²) in [5, 5.41) is 0. The normalized spacial score (nSPS) is 10.9. The second-order valence-corrected chi connectivity index (χ2v) is 6.35. The molecule has 8 heteroatoms. The molecule has 20 heavy (non-hydrogen) atoms. The van der Waals surface area contributed by atoms with Crippen LogP contribution in [-0.4, -0.2) is 38.8 Å². The number of thiocarbonyl (C=S) groups is 1. The van der Waals surface area contributed by atoms with Gasteiger partial charge in [-0.25, -0.2) is 8.42 Å². The maximum atomic E-state index is 12.1. The molecule has 0 bridgehead atoms. The van der Waals surface area contributed by atoms with E-state index in [9.17, 15) is 13.2 Å². The predicted octanol–water partition coefficient (Wildman–Crippen LogP) is 0.650. The lowest BCUT2D eigenvalue weighted by Crippen LogP contribution is -2.34. The van der Waals surface area contributed by atoms with E-state index < -0.39 is 21.7 Å². The third-order valence-corrected chi connectivity index (χ3v) is 4.38. The number of anilines is 1. The molecule has 0 aliphatic heterocycles. The Labute approximate surface area is 123 Å². The van der Waals surface area contributed by atoms with Crippen molar-refractivity contribution < 1.29 is 17.9 Å². The van der Waals surface area contributed by atoms with Crippen LogP contribution in [0.4, 0.5) is 5.69 Å². The fraction of sp³-hybridized carbons (Fsp3) is 0.333. The predicted molar refractivity (Wildman–Crippen MR) is 81.2 cm³/mol. The maximum Gasteiger partial charge on any atom is 0.323 e. The van der Waals surface area contributed by atoms with Crippen LogP contribution in [-0.2, 0) is 19.6 Å². The number of carbonyl (C=O) groups excluding carboxylic acids is 1. The molecule has 0 aliphatic rings. The van der Waals surface area contributed by atoms with Crippen LogP contribution in [0, 0.1) is 0 Å². The number of benzene rings is 1. The van der Waals surface area contributed by atoms with Crippen molar-refractivity contribution in [3.05, 3.63) is 29.8 Å². The van der Waals surface area contributed by atoms with Crippen molar-refractivity contribution in [2.75, 3.05) is 23.7 Å². The number of esters is 1. The molecule has 1 aromatic rings. The van der Waals surface area contributed by atoms with E-state index in [1.807, 2.05) is 0 Å². The molecule has 0 radical (unpaired) electrons. The summed E-state index contributed by atoms with van der Waals surface area (Å²) in [6.07, 6.45) is 0. The molecular formula is C12H16N2O4S2. The molecule has 0 amide bonds. The molecule has 0 heterocycles. The number of hydrogen-bond acceptors (Lipinski definition) is 5. The van der Waals surface area contributed by atoms with E-state index in [-0.39, 0.29) is 11.6 Å². The van der Waals surface area contributed by atoms with Gasteiger partial charge < -0.3 is 10.5 Å². The number of nitrogens with zero attached hydrogens (tertiary/aromatic N) is 1. The number of nitrogens with two attached hydrogens (primary N) is 1. The fourth-order valence-electron chi connectivity index (χ4n) is 1.55. The first-order valence-corrected chi connectivity index (χ1v) is 7.82. The van der Waals surface area contributed by atoms with E-state index in [4.69, 9.17) is 18.0 Å². The molecule has 2 N–H and O–H groups in total. The second kappa shape index (κ2) is 6.67. The highest BCUT2D eigenvalue weighted by Crippen LogP contribution is 2.22. The lowest BCUT2D eigenvalue weighted by Gasteiger charge is -2.21. The van der Waals surface area contributed by atoms with E-state index in [0.29, 0.717) is 11.3 Å². The van der Waals surface area contributed by atoms with Crippen molar-refractivity contribution in [3.63, 3.8) is 0 Å². The summed E-state index contributed by atoms with van der Waals surface area (Å²) in [6.45, 7) is 1.73. The van der Waals surface area contributed by atoms with Gasteiger partial charge in [-0.1, -0.05) is 24.4 Å². The zero-order chi connectivity index (χ0) is 15.3. The summed E-state index contributed by atoms with van der Waals surface area (Å²) in [4.78, 5) is 11.4. The van der Waals surface area contributed by atoms with E-state index in [1.165, 1.54) is 7.05 Å². The first kappa shape index (κ1) is 16.4. The molecule has 0 aliphatic carbocycles. The highest BCUT2D eigenvalue weighted by Gasteiger charge is 2.25. The molecule has 0 atom stereocenters. The molecule has 0 aromatic heterocycles. The molecule has 6 nitrogen and oxygen atoms in total. The van der Waals surface area contributed by atoms with Gasteiger partial charge >= 0.3 is 5.97 Å². The van der Waals surface area contributed by atoms with Crippen LogP contribution in [0.5, 0.6) is 0 Å². The molecule has 1 aromatic carbocycles. The van der Waals surface area contributed by atoms with Crippen LogP contribution in [0.3, 0.4) is 0 Å². The third-order valence-electron chi connectivity index (χ3n) is 2.53. The van der Waals surface area contributed by atoms with E-state index in [0.717, 1.165) is 4.31 Å². The van der Waals surface area contributed by atoms with Crippen molar-refractivity contribution >= 4 is 38.9 Å². The zero-order valence-electron chi connectivity index (χ0n) is 11.2. The molecular weight excluding hydrogens is 300 g/mol. The minimum absolute atomic E-state index is 0.0822. The second-order valence-electron chi connectivity index (χ2n) is 3.91. The van der Waals surface area contributed by atoms with Gasteiger partial charge in [0.15, 0.2) is 5.75 Å². The van der Waals surface area contributed by atoms with Gasteiger partial charge in [-0.3, -0.25) is 9.10 Å². The average Bonchev–Trinajstić information content (AvgIpc) is 2.37. The topological polar surface area (TPSA) is 89.7 Å². The Morgan fingerprint density at radius 3 is 2.55 bits per heavy atom. The van der Waals surface area contributed by atoms with Gasteiger partial charge in [-0.05, 0) is 19.1 Å². The number of hydrogen-bond donors (Lipinski definition) is 1. The number of para-hydroxylation sites is 1. The zero-order valence-corrected chi connectivity index (χ0v) is 12.8. The lowest BCUT2D eigenvalue weighted by molar-refractivity contribution is -0.139. The van der Waals surface area contributed by atoms with Gasteiger partial charge in [-0.15, -0.1) is 0 Å². The quantitative estimate of drug-likeness (QED) is 0.612. The SMILES string of the molecule is CCOC(=O)CS(=O)(=O)N(C)c1ccccc1C(N)=S. The molecule has 110 valence electrons. The summed E-state index contributed by atoms with van der Waals surface area (Å²) < 4.78 is 29.9. The number of sulfonamides is 1. The summed E-state index contributed by atoms with van der Waals surface area (Å²) >= 11 is 4.89. The lowest BCUT2D eigenvalue weighted by atomic mass is 10.2. The average molecular weight is 316 g/mol. The fourth-order valence-corrected chi connectivity index (χ4v) is 2.76. The summed E-state index contributed by atoms with van der Waals surface area (Å²) in [5.41, 5.74) is 6.31. The monoisotopic (exact) mass is 316 g/mol. The van der Waals surface area contributed by atoms with E-state index in [2.05, 4.69) is 4.74 Å². The Morgan fingerprint density at radius 1 is 1.40 bits per heavy atom. The highest BCUT2D eigenvalue weighted by molar-refractivity contribution is 7.93. The van der Waals surface area contributed by atoms with E-state index >= 15 is 0 Å². The van der Waals surface area contributed by atoms with Crippen LogP contribution in [0.2, 0.25) is 0 Å². The Balaban J connectivity index is 3.08. The molecule has 0 saturated carbocycles. The number of ether oxygens (including phenoxy) is 1. The Hall–Kier alpha value is -1.67. The number of carbonyl (C=O) groups is 1. The molecule has 0 unspecified atom stereocenters. The van der Waals surface area contributed by atoms with Crippen molar-refractivity contribution in [2.45, 2.75) is 6.92 Å². The van der Waals surface area contributed by atoms with Crippen LogP contribution < -0.4 is 10.0 Å².